The minimum atomic E-state index is -0.0197. The molecule has 5 aliphatic carbocycles. The molecule has 0 aliphatic heterocycles. The van der Waals surface area contributed by atoms with Crippen molar-refractivity contribution in [3.05, 3.63) is 181 Å². The second kappa shape index (κ2) is 12.8. The van der Waals surface area contributed by atoms with Crippen LogP contribution < -0.4 is 0 Å². The number of rotatable bonds is 7. The first-order valence-electron chi connectivity index (χ1n) is 19.5. The van der Waals surface area contributed by atoms with Gasteiger partial charge in [0.05, 0.1) is 23.0 Å². The van der Waals surface area contributed by atoms with Gasteiger partial charge in [-0.15, -0.1) is 0 Å². The van der Waals surface area contributed by atoms with Gasteiger partial charge < -0.3 is 0 Å². The molecule has 0 unspecified atom stereocenters. The monoisotopic (exact) mass is 694 g/mol. The van der Waals surface area contributed by atoms with Crippen molar-refractivity contribution in [2.45, 2.75) is 37.5 Å². The smallest absolute Gasteiger partial charge is 0.0991 e. The first-order chi connectivity index (χ1) is 26.6. The van der Waals surface area contributed by atoms with Crippen LogP contribution in [0, 0.1) is 35.0 Å². The summed E-state index contributed by atoms with van der Waals surface area (Å²) in [6, 6.07) is 48.7. The zero-order valence-electron chi connectivity index (χ0n) is 30.5. The number of hydrogen-bond donors (Lipinski definition) is 0. The lowest BCUT2D eigenvalue weighted by Gasteiger charge is -2.61. The number of aromatic nitrogens is 1. The summed E-state index contributed by atoms with van der Waals surface area (Å²) in [6.07, 6.45) is 12.3. The molecule has 4 saturated carbocycles. The summed E-state index contributed by atoms with van der Waals surface area (Å²) < 4.78 is 0. The Bertz CT molecular complexity index is 2530. The molecule has 54 heavy (non-hydrogen) atoms. The minimum Gasteiger partial charge on any atom is -0.248 e. The Morgan fingerprint density at radius 2 is 1.28 bits per heavy atom. The predicted molar refractivity (Wildman–Crippen MR) is 222 cm³/mol. The Balaban J connectivity index is 1.13. The van der Waals surface area contributed by atoms with Gasteiger partial charge in [0.2, 0.25) is 0 Å². The third-order valence-corrected chi connectivity index (χ3v) is 13.2. The lowest BCUT2D eigenvalue weighted by Crippen LogP contribution is -2.55. The van der Waals surface area contributed by atoms with E-state index in [4.69, 9.17) is 4.98 Å². The van der Waals surface area contributed by atoms with Crippen molar-refractivity contribution in [2.75, 3.05) is 0 Å². The summed E-state index contributed by atoms with van der Waals surface area (Å²) >= 11 is 0. The molecule has 1 heterocycles. The lowest BCUT2D eigenvalue weighted by molar-refractivity contribution is -0.0397. The molecule has 0 radical (unpaired) electrons. The molecule has 5 aromatic carbocycles. The van der Waals surface area contributed by atoms with Gasteiger partial charge in [0, 0.05) is 11.0 Å². The van der Waals surface area contributed by atoms with E-state index in [1.807, 2.05) is 30.4 Å². The van der Waals surface area contributed by atoms with Crippen molar-refractivity contribution >= 4 is 5.57 Å². The predicted octanol–water partition coefficient (Wildman–Crippen LogP) is 13.1. The molecule has 1 aromatic heterocycles. The maximum absolute atomic E-state index is 9.86. The van der Waals surface area contributed by atoms with Crippen LogP contribution in [0.1, 0.15) is 54.5 Å². The molecule has 0 atom stereocenters. The van der Waals surface area contributed by atoms with Gasteiger partial charge in [-0.25, -0.2) is 4.98 Å². The summed E-state index contributed by atoms with van der Waals surface area (Å²) in [4.78, 5) is 5.08. The molecule has 1 spiro atoms. The van der Waals surface area contributed by atoms with E-state index >= 15 is 0 Å². The van der Waals surface area contributed by atoms with Crippen LogP contribution in [0.4, 0.5) is 0 Å². The summed E-state index contributed by atoms with van der Waals surface area (Å²) in [7, 11) is 0. The Hall–Kier alpha value is -6.04. The van der Waals surface area contributed by atoms with Crippen LogP contribution in [-0.4, -0.2) is 4.98 Å². The van der Waals surface area contributed by atoms with Gasteiger partial charge >= 0.3 is 0 Å². The quantitative estimate of drug-likeness (QED) is 0.156. The van der Waals surface area contributed by atoms with Crippen LogP contribution >= 0.6 is 0 Å². The average Bonchev–Trinajstić information content (AvgIpc) is 3.52. The Kier molecular flexibility index (Phi) is 7.74. The number of nitriles is 1. The molecule has 260 valence electrons. The molecule has 11 rings (SSSR count). The topological polar surface area (TPSA) is 36.7 Å². The van der Waals surface area contributed by atoms with E-state index in [0.717, 1.165) is 56.6 Å². The summed E-state index contributed by atoms with van der Waals surface area (Å²) in [6.45, 7) is 8.02. The number of allylic oxidation sites excluding steroid dienone is 4. The van der Waals surface area contributed by atoms with Crippen molar-refractivity contribution in [1.29, 1.82) is 5.26 Å². The molecular formula is C52H42N2. The van der Waals surface area contributed by atoms with Gasteiger partial charge in [-0.3, -0.25) is 0 Å². The highest BCUT2D eigenvalue weighted by molar-refractivity contribution is 5.91. The third-order valence-electron chi connectivity index (χ3n) is 13.2. The second-order valence-corrected chi connectivity index (χ2v) is 16.0. The molecule has 4 fully saturated rings. The van der Waals surface area contributed by atoms with Gasteiger partial charge in [0.15, 0.2) is 0 Å². The van der Waals surface area contributed by atoms with E-state index in [0.29, 0.717) is 11.8 Å². The van der Waals surface area contributed by atoms with Crippen LogP contribution in [0.15, 0.2) is 159 Å². The molecule has 6 aromatic rings. The molecule has 5 aliphatic rings. The Morgan fingerprint density at radius 1 is 0.611 bits per heavy atom. The van der Waals surface area contributed by atoms with E-state index in [2.05, 4.69) is 128 Å². The van der Waals surface area contributed by atoms with Crippen LogP contribution in [-0.2, 0) is 5.41 Å². The maximum atomic E-state index is 9.86. The number of hydrogen-bond acceptors (Lipinski definition) is 2. The van der Waals surface area contributed by atoms with Crippen molar-refractivity contribution in [3.8, 4) is 61.8 Å². The van der Waals surface area contributed by atoms with Gasteiger partial charge in [-0.2, -0.15) is 5.26 Å². The van der Waals surface area contributed by atoms with Crippen molar-refractivity contribution in [3.63, 3.8) is 0 Å². The van der Waals surface area contributed by atoms with Gasteiger partial charge in [-0.1, -0.05) is 122 Å². The molecule has 2 heteroatoms. The van der Waals surface area contributed by atoms with E-state index in [1.165, 1.54) is 71.0 Å². The van der Waals surface area contributed by atoms with Crippen LogP contribution in [0.5, 0.6) is 0 Å². The molecule has 4 bridgehead atoms. The SMILES string of the molecule is C=C/C=C(\C=C)c1cc(-c2cccc(-c3ccc4c(c3)C3(c5c(-c6cccc(C#N)c6)cccc5-4)C4CC5CC(C4)CC3C5)c2)cc(-c2ccccc2)n1. The lowest BCUT2D eigenvalue weighted by atomic mass is 9.42. The number of benzene rings is 5. The van der Waals surface area contributed by atoms with Gasteiger partial charge in [-0.05, 0) is 153 Å². The minimum absolute atomic E-state index is 0.0197. The molecule has 0 amide bonds. The van der Waals surface area contributed by atoms with E-state index in [1.54, 1.807) is 6.08 Å². The van der Waals surface area contributed by atoms with Crippen molar-refractivity contribution < 1.29 is 0 Å². The molecular weight excluding hydrogens is 653 g/mol. The zero-order chi connectivity index (χ0) is 36.4. The van der Waals surface area contributed by atoms with Crippen LogP contribution in [0.2, 0.25) is 0 Å². The highest BCUT2D eigenvalue weighted by atomic mass is 14.7. The Labute approximate surface area is 318 Å². The molecule has 0 saturated heterocycles. The second-order valence-electron chi connectivity index (χ2n) is 16.0. The fourth-order valence-corrected chi connectivity index (χ4v) is 11.3. The van der Waals surface area contributed by atoms with Gasteiger partial charge in [0.25, 0.3) is 0 Å². The molecule has 0 N–H and O–H groups in total. The summed E-state index contributed by atoms with van der Waals surface area (Å²) in [5.41, 5.74) is 17.6. The summed E-state index contributed by atoms with van der Waals surface area (Å²) in [5, 5.41) is 9.86. The number of nitrogens with zero attached hydrogens (tertiary/aromatic N) is 2. The summed E-state index contributed by atoms with van der Waals surface area (Å²) in [5.74, 6) is 2.97. The van der Waals surface area contributed by atoms with E-state index in [-0.39, 0.29) is 5.41 Å². The van der Waals surface area contributed by atoms with Crippen LogP contribution in [0.3, 0.4) is 0 Å². The number of pyridine rings is 1. The maximum Gasteiger partial charge on any atom is 0.0991 e. The normalized spacial score (nSPS) is 23.1. The third kappa shape index (κ3) is 5.03. The fraction of sp³-hybridized carbons (Fsp3) is 0.192. The van der Waals surface area contributed by atoms with Crippen LogP contribution in [0.25, 0.3) is 61.3 Å². The standard InChI is InChI=1S/C52H42N2/c1-3-11-36(4-2)49-30-42(31-50(54-49)37-13-6-5-7-14-37)39-16-9-15-38(28-39)40-20-21-46-47-19-10-18-45(41-17-8-12-33(23-41)32-53)51(47)52(48(46)29-40)43-24-34-22-35(26-43)27-44(52)25-34/h3-21,23,28-31,34-35,43-44H,1-2,22,24-27H2/b36-11+. The van der Waals surface area contributed by atoms with E-state index in [9.17, 15) is 5.26 Å². The van der Waals surface area contributed by atoms with E-state index < -0.39 is 0 Å². The highest BCUT2D eigenvalue weighted by Crippen LogP contribution is 2.70. The van der Waals surface area contributed by atoms with Crippen molar-refractivity contribution in [2.24, 2.45) is 23.7 Å². The Morgan fingerprint density at radius 3 is 2.02 bits per heavy atom. The van der Waals surface area contributed by atoms with Crippen molar-refractivity contribution in [1.82, 2.24) is 4.98 Å². The first-order valence-corrected chi connectivity index (χ1v) is 19.5. The molecule has 2 nitrogen and oxygen atoms in total. The number of fused-ring (bicyclic) bond motifs is 3. The first kappa shape index (κ1) is 32.6. The highest BCUT2D eigenvalue weighted by Gasteiger charge is 2.62. The fourth-order valence-electron chi connectivity index (χ4n) is 11.3. The zero-order valence-corrected chi connectivity index (χ0v) is 30.5. The van der Waals surface area contributed by atoms with Gasteiger partial charge in [0.1, 0.15) is 0 Å². The average molecular weight is 695 g/mol. The largest absolute Gasteiger partial charge is 0.248 e.